The zero-order chi connectivity index (χ0) is 20.4. The SMILES string of the molecule is C=C[C@@H]1CC(C(=O)OC)(C(=O)OC)C[C@H](S(=O)(=O)c2ccc(C)cc2)C1=C. The van der Waals surface area contributed by atoms with E-state index in [2.05, 4.69) is 13.2 Å². The van der Waals surface area contributed by atoms with Gasteiger partial charge in [0, 0.05) is 5.92 Å². The third-order valence-corrected chi connectivity index (χ3v) is 7.30. The van der Waals surface area contributed by atoms with Crippen molar-refractivity contribution in [3.8, 4) is 0 Å². The minimum Gasteiger partial charge on any atom is -0.468 e. The normalized spacial score (nSPS) is 22.0. The van der Waals surface area contributed by atoms with E-state index in [9.17, 15) is 18.0 Å². The van der Waals surface area contributed by atoms with Crippen molar-refractivity contribution in [3.63, 3.8) is 0 Å². The van der Waals surface area contributed by atoms with E-state index in [4.69, 9.17) is 9.47 Å². The molecule has 0 aliphatic heterocycles. The minimum atomic E-state index is -3.89. The molecule has 0 N–H and O–H groups in total. The Kier molecular flexibility index (Phi) is 5.94. The lowest BCUT2D eigenvalue weighted by Crippen LogP contribution is -2.50. The van der Waals surface area contributed by atoms with E-state index in [1.54, 1.807) is 12.1 Å². The van der Waals surface area contributed by atoms with E-state index in [1.165, 1.54) is 18.2 Å². The van der Waals surface area contributed by atoms with Crippen molar-refractivity contribution in [2.45, 2.75) is 29.9 Å². The second-order valence-corrected chi connectivity index (χ2v) is 8.87. The highest BCUT2D eigenvalue weighted by Gasteiger charge is 2.57. The fourth-order valence-electron chi connectivity index (χ4n) is 3.52. The molecular formula is C20H24O6S. The van der Waals surface area contributed by atoms with Gasteiger partial charge in [-0.3, -0.25) is 9.59 Å². The van der Waals surface area contributed by atoms with Crippen molar-refractivity contribution >= 4 is 21.8 Å². The Bertz CT molecular complexity index is 850. The molecule has 1 aliphatic rings. The number of rotatable bonds is 5. The maximum atomic E-state index is 13.3. The molecule has 0 spiro atoms. The monoisotopic (exact) mass is 392 g/mol. The quantitative estimate of drug-likeness (QED) is 0.435. The fourth-order valence-corrected chi connectivity index (χ4v) is 5.44. The Labute approximate surface area is 159 Å². The number of hydrogen-bond donors (Lipinski definition) is 0. The van der Waals surface area contributed by atoms with E-state index in [-0.39, 0.29) is 17.7 Å². The number of esters is 2. The molecule has 1 saturated carbocycles. The van der Waals surface area contributed by atoms with Crippen LogP contribution in [-0.2, 0) is 28.9 Å². The van der Waals surface area contributed by atoms with Crippen molar-refractivity contribution in [3.05, 3.63) is 54.6 Å². The first-order valence-corrected chi connectivity index (χ1v) is 9.97. The van der Waals surface area contributed by atoms with Crippen LogP contribution in [0.4, 0.5) is 0 Å². The van der Waals surface area contributed by atoms with Crippen LogP contribution in [-0.4, -0.2) is 39.8 Å². The van der Waals surface area contributed by atoms with Gasteiger partial charge in [0.05, 0.1) is 24.4 Å². The number of hydrogen-bond acceptors (Lipinski definition) is 6. The molecule has 6 nitrogen and oxygen atoms in total. The molecule has 0 heterocycles. The Morgan fingerprint density at radius 1 is 1.11 bits per heavy atom. The van der Waals surface area contributed by atoms with Gasteiger partial charge in [-0.05, 0) is 31.9 Å². The number of allylic oxidation sites excluding steroid dienone is 1. The summed E-state index contributed by atoms with van der Waals surface area (Å²) in [4.78, 5) is 25.2. The molecule has 27 heavy (non-hydrogen) atoms. The lowest BCUT2D eigenvalue weighted by Gasteiger charge is -2.40. The maximum Gasteiger partial charge on any atom is 0.323 e. The molecule has 1 aromatic carbocycles. The predicted octanol–water partition coefficient (Wildman–Crippen LogP) is 2.62. The van der Waals surface area contributed by atoms with Gasteiger partial charge in [0.15, 0.2) is 15.3 Å². The van der Waals surface area contributed by atoms with Crippen LogP contribution in [0.3, 0.4) is 0 Å². The first kappa shape index (κ1) is 20.9. The molecular weight excluding hydrogens is 368 g/mol. The van der Waals surface area contributed by atoms with Crippen LogP contribution in [0.25, 0.3) is 0 Å². The first-order valence-electron chi connectivity index (χ1n) is 8.42. The van der Waals surface area contributed by atoms with Gasteiger partial charge in [-0.1, -0.05) is 35.9 Å². The molecule has 0 amide bonds. The Balaban J connectivity index is 2.61. The number of ether oxygens (including phenoxy) is 2. The van der Waals surface area contributed by atoms with Crippen LogP contribution >= 0.6 is 0 Å². The molecule has 146 valence electrons. The molecule has 1 fully saturated rings. The second kappa shape index (κ2) is 7.68. The van der Waals surface area contributed by atoms with Gasteiger partial charge in [-0.25, -0.2) is 8.42 Å². The molecule has 0 unspecified atom stereocenters. The second-order valence-electron chi connectivity index (χ2n) is 6.74. The molecule has 0 aromatic heterocycles. The Morgan fingerprint density at radius 2 is 1.63 bits per heavy atom. The molecule has 0 bridgehead atoms. The third-order valence-electron chi connectivity index (χ3n) is 5.15. The highest BCUT2D eigenvalue weighted by molar-refractivity contribution is 7.92. The highest BCUT2D eigenvalue weighted by atomic mass is 32.2. The van der Waals surface area contributed by atoms with E-state index in [1.807, 2.05) is 6.92 Å². The van der Waals surface area contributed by atoms with Crippen molar-refractivity contribution in [1.82, 2.24) is 0 Å². The van der Waals surface area contributed by atoms with Crippen LogP contribution < -0.4 is 0 Å². The molecule has 1 aliphatic carbocycles. The molecule has 2 rings (SSSR count). The van der Waals surface area contributed by atoms with Gasteiger partial charge < -0.3 is 9.47 Å². The molecule has 2 atom stereocenters. The Hall–Kier alpha value is -2.41. The zero-order valence-corrected chi connectivity index (χ0v) is 16.5. The predicted molar refractivity (Wildman–Crippen MR) is 101 cm³/mol. The first-order chi connectivity index (χ1) is 12.6. The van der Waals surface area contributed by atoms with Gasteiger partial charge in [0.2, 0.25) is 0 Å². The lowest BCUT2D eigenvalue weighted by atomic mass is 9.67. The van der Waals surface area contributed by atoms with Crippen LogP contribution in [0, 0.1) is 18.3 Å². The van der Waals surface area contributed by atoms with Crippen LogP contribution in [0.2, 0.25) is 0 Å². The van der Waals surface area contributed by atoms with Crippen molar-refractivity contribution < 1.29 is 27.5 Å². The van der Waals surface area contributed by atoms with Crippen LogP contribution in [0.5, 0.6) is 0 Å². The largest absolute Gasteiger partial charge is 0.468 e. The van der Waals surface area contributed by atoms with E-state index >= 15 is 0 Å². The zero-order valence-electron chi connectivity index (χ0n) is 15.7. The van der Waals surface area contributed by atoms with E-state index in [0.717, 1.165) is 19.8 Å². The summed E-state index contributed by atoms with van der Waals surface area (Å²) in [6.07, 6.45) is 1.22. The van der Waals surface area contributed by atoms with Crippen LogP contribution in [0.1, 0.15) is 18.4 Å². The Morgan fingerprint density at radius 3 is 2.07 bits per heavy atom. The average molecular weight is 392 g/mol. The number of carbonyl (C=O) groups is 2. The van der Waals surface area contributed by atoms with Gasteiger partial charge in [-0.15, -0.1) is 6.58 Å². The summed E-state index contributed by atoms with van der Waals surface area (Å²) in [5.74, 6) is -2.20. The van der Waals surface area contributed by atoms with Crippen molar-refractivity contribution in [1.29, 1.82) is 0 Å². The summed E-state index contributed by atoms with van der Waals surface area (Å²) in [6.45, 7) is 9.50. The smallest absolute Gasteiger partial charge is 0.323 e. The summed E-state index contributed by atoms with van der Waals surface area (Å²) < 4.78 is 36.2. The summed E-state index contributed by atoms with van der Waals surface area (Å²) in [5, 5.41) is -1.14. The lowest BCUT2D eigenvalue weighted by molar-refractivity contribution is -0.171. The highest BCUT2D eigenvalue weighted by Crippen LogP contribution is 2.47. The van der Waals surface area contributed by atoms with Crippen molar-refractivity contribution in [2.75, 3.05) is 14.2 Å². The number of benzene rings is 1. The summed E-state index contributed by atoms with van der Waals surface area (Å²) in [6, 6.07) is 6.40. The number of sulfone groups is 1. The van der Waals surface area contributed by atoms with Gasteiger partial charge >= 0.3 is 11.9 Å². The topological polar surface area (TPSA) is 86.7 Å². The third kappa shape index (κ3) is 3.56. The standard InChI is InChI=1S/C20H24O6S/c1-6-15-11-20(18(21)25-4,19(22)26-5)12-17(14(15)3)27(23,24)16-9-7-13(2)8-10-16/h6-10,15,17H,1,3,11-12H2,2,4-5H3/t15-,17+/m1/s1. The maximum absolute atomic E-state index is 13.3. The number of methoxy groups -OCH3 is 2. The van der Waals surface area contributed by atoms with E-state index in [0.29, 0.717) is 5.57 Å². The average Bonchev–Trinajstić information content (AvgIpc) is 2.67. The number of aryl methyl sites for hydroxylation is 1. The van der Waals surface area contributed by atoms with Gasteiger partial charge in [0.25, 0.3) is 0 Å². The minimum absolute atomic E-state index is 0.00853. The fraction of sp³-hybridized carbons (Fsp3) is 0.400. The molecule has 0 saturated heterocycles. The molecule has 7 heteroatoms. The molecule has 0 radical (unpaired) electrons. The van der Waals surface area contributed by atoms with Gasteiger partial charge in [0.1, 0.15) is 0 Å². The summed E-state index contributed by atoms with van der Waals surface area (Å²) in [7, 11) is -1.58. The molecule has 1 aromatic rings. The summed E-state index contributed by atoms with van der Waals surface area (Å²) >= 11 is 0. The summed E-state index contributed by atoms with van der Waals surface area (Å²) in [5.41, 5.74) is -0.417. The van der Waals surface area contributed by atoms with Gasteiger partial charge in [-0.2, -0.15) is 0 Å². The van der Waals surface area contributed by atoms with E-state index < -0.39 is 38.4 Å². The van der Waals surface area contributed by atoms with Crippen LogP contribution in [0.15, 0.2) is 54.0 Å². The number of carbonyl (C=O) groups excluding carboxylic acids is 2. The van der Waals surface area contributed by atoms with Crippen molar-refractivity contribution in [2.24, 2.45) is 11.3 Å².